The second kappa shape index (κ2) is 7.84. The highest BCUT2D eigenvalue weighted by Gasteiger charge is 2.31. The number of hydrogen-bond donors (Lipinski definition) is 1. The zero-order valence-electron chi connectivity index (χ0n) is 15.0. The Morgan fingerprint density at radius 2 is 2.04 bits per heavy atom. The van der Waals surface area contributed by atoms with Gasteiger partial charge in [-0.05, 0) is 39.5 Å². The molecule has 1 atom stereocenters. The number of rotatable bonds is 6. The Balaban J connectivity index is 1.49. The Labute approximate surface area is 147 Å². The van der Waals surface area contributed by atoms with Gasteiger partial charge in [0, 0.05) is 32.1 Å². The molecule has 1 aliphatic heterocycles. The van der Waals surface area contributed by atoms with Gasteiger partial charge in [0.1, 0.15) is 0 Å². The van der Waals surface area contributed by atoms with E-state index in [1.807, 2.05) is 18.7 Å². The van der Waals surface area contributed by atoms with Crippen molar-refractivity contribution in [3.8, 4) is 0 Å². The van der Waals surface area contributed by atoms with Crippen LogP contribution in [0, 0.1) is 5.92 Å². The van der Waals surface area contributed by atoms with Gasteiger partial charge in [-0.25, -0.2) is 4.79 Å². The van der Waals surface area contributed by atoms with Crippen molar-refractivity contribution in [2.75, 3.05) is 26.2 Å². The van der Waals surface area contributed by atoms with Crippen LogP contribution in [-0.2, 0) is 11.3 Å². The van der Waals surface area contributed by atoms with E-state index >= 15 is 0 Å². The molecule has 0 aromatic carbocycles. The molecular formula is C17H27N5O3. The summed E-state index contributed by atoms with van der Waals surface area (Å²) in [4.78, 5) is 32.8. The zero-order chi connectivity index (χ0) is 17.8. The van der Waals surface area contributed by atoms with E-state index in [9.17, 15) is 9.59 Å². The summed E-state index contributed by atoms with van der Waals surface area (Å²) in [7, 11) is 0. The highest BCUT2D eigenvalue weighted by Crippen LogP contribution is 2.38. The molecule has 3 amide bonds. The number of carbonyl (C=O) groups excluding carboxylic acids is 2. The number of amides is 3. The molecule has 0 bridgehead atoms. The third-order valence-electron chi connectivity index (χ3n) is 4.94. The van der Waals surface area contributed by atoms with Gasteiger partial charge in [-0.15, -0.1) is 0 Å². The lowest BCUT2D eigenvalue weighted by atomic mass is 9.96. The number of likely N-dealkylation sites (tertiary alicyclic amines) is 1. The molecule has 3 rings (SSSR count). The Kier molecular flexibility index (Phi) is 5.55. The molecule has 0 unspecified atom stereocenters. The van der Waals surface area contributed by atoms with Crippen molar-refractivity contribution in [1.82, 2.24) is 25.3 Å². The van der Waals surface area contributed by atoms with Gasteiger partial charge in [-0.1, -0.05) is 5.16 Å². The predicted molar refractivity (Wildman–Crippen MR) is 90.7 cm³/mol. The van der Waals surface area contributed by atoms with E-state index in [1.54, 1.807) is 4.90 Å². The maximum Gasteiger partial charge on any atom is 0.317 e. The van der Waals surface area contributed by atoms with Crippen molar-refractivity contribution in [3.05, 3.63) is 11.7 Å². The van der Waals surface area contributed by atoms with E-state index in [2.05, 4.69) is 15.5 Å². The lowest BCUT2D eigenvalue weighted by Gasteiger charge is -2.34. The van der Waals surface area contributed by atoms with Crippen LogP contribution in [0.2, 0.25) is 0 Å². The highest BCUT2D eigenvalue weighted by molar-refractivity contribution is 5.81. The number of nitrogens with zero attached hydrogens (tertiary/aromatic N) is 4. The molecule has 0 spiro atoms. The molecule has 1 N–H and O–H groups in total. The molecule has 8 heteroatoms. The fourth-order valence-corrected chi connectivity index (χ4v) is 3.26. The molecule has 1 aliphatic carbocycles. The number of aromatic nitrogens is 2. The standard InChI is InChI=1S/C17H27N5O3/c1-3-21(4-2)16(23)13-6-5-9-22(11-13)17(24)18-10-14-19-15(25-20-14)12-7-8-12/h12-13H,3-11H2,1-2H3,(H,18,24)/t13-/m0/s1. The van der Waals surface area contributed by atoms with E-state index in [-0.39, 0.29) is 24.4 Å². The summed E-state index contributed by atoms with van der Waals surface area (Å²) in [6.45, 7) is 6.78. The van der Waals surface area contributed by atoms with Crippen LogP contribution >= 0.6 is 0 Å². The van der Waals surface area contributed by atoms with Crippen LogP contribution in [0.3, 0.4) is 0 Å². The van der Waals surface area contributed by atoms with Gasteiger partial charge >= 0.3 is 6.03 Å². The van der Waals surface area contributed by atoms with Crippen LogP contribution < -0.4 is 5.32 Å². The lowest BCUT2D eigenvalue weighted by Crippen LogP contribution is -2.49. The largest absolute Gasteiger partial charge is 0.343 e. The molecule has 1 aromatic heterocycles. The molecule has 1 saturated carbocycles. The number of hydrogen-bond acceptors (Lipinski definition) is 5. The summed E-state index contributed by atoms with van der Waals surface area (Å²) in [6.07, 6.45) is 3.89. The fraction of sp³-hybridized carbons (Fsp3) is 0.765. The third kappa shape index (κ3) is 4.29. The first-order valence-electron chi connectivity index (χ1n) is 9.26. The van der Waals surface area contributed by atoms with Gasteiger partial charge in [0.05, 0.1) is 12.5 Å². The normalized spacial score (nSPS) is 20.4. The molecular weight excluding hydrogens is 322 g/mol. The van der Waals surface area contributed by atoms with Crippen LogP contribution in [-0.4, -0.2) is 58.1 Å². The van der Waals surface area contributed by atoms with Gasteiger partial charge in [-0.2, -0.15) is 4.98 Å². The average molecular weight is 349 g/mol. The molecule has 2 aliphatic rings. The molecule has 1 aromatic rings. The van der Waals surface area contributed by atoms with Crippen LogP contribution in [0.1, 0.15) is 57.2 Å². The Hall–Kier alpha value is -2.12. The molecule has 2 heterocycles. The molecule has 0 radical (unpaired) electrons. The van der Waals surface area contributed by atoms with Gasteiger partial charge in [0.25, 0.3) is 0 Å². The number of carbonyl (C=O) groups is 2. The molecule has 2 fully saturated rings. The minimum Gasteiger partial charge on any atom is -0.343 e. The molecule has 8 nitrogen and oxygen atoms in total. The van der Waals surface area contributed by atoms with Gasteiger partial charge in [0.2, 0.25) is 11.8 Å². The highest BCUT2D eigenvalue weighted by atomic mass is 16.5. The van der Waals surface area contributed by atoms with E-state index in [0.29, 0.717) is 43.8 Å². The molecule has 1 saturated heterocycles. The van der Waals surface area contributed by atoms with Crippen LogP contribution in [0.15, 0.2) is 4.52 Å². The average Bonchev–Trinajstić information content (AvgIpc) is 3.39. The van der Waals surface area contributed by atoms with E-state index in [4.69, 9.17) is 4.52 Å². The van der Waals surface area contributed by atoms with Crippen LogP contribution in [0.4, 0.5) is 4.79 Å². The maximum atomic E-state index is 12.5. The maximum absolute atomic E-state index is 12.5. The van der Waals surface area contributed by atoms with Gasteiger partial charge in [-0.3, -0.25) is 4.79 Å². The summed E-state index contributed by atoms with van der Waals surface area (Å²) in [5.41, 5.74) is 0. The summed E-state index contributed by atoms with van der Waals surface area (Å²) < 4.78 is 5.19. The second-order valence-electron chi connectivity index (χ2n) is 6.78. The minimum atomic E-state index is -0.171. The van der Waals surface area contributed by atoms with E-state index < -0.39 is 0 Å². The van der Waals surface area contributed by atoms with Crippen molar-refractivity contribution < 1.29 is 14.1 Å². The SMILES string of the molecule is CCN(CC)C(=O)[C@H]1CCCN(C(=O)NCc2noc(C3CC3)n2)C1. The Morgan fingerprint density at radius 3 is 2.72 bits per heavy atom. The summed E-state index contributed by atoms with van der Waals surface area (Å²) in [5.74, 6) is 1.63. The van der Waals surface area contributed by atoms with Crippen molar-refractivity contribution in [1.29, 1.82) is 0 Å². The fourth-order valence-electron chi connectivity index (χ4n) is 3.26. The minimum absolute atomic E-state index is 0.106. The van der Waals surface area contributed by atoms with E-state index in [0.717, 1.165) is 25.7 Å². The van der Waals surface area contributed by atoms with Gasteiger partial charge in [0.15, 0.2) is 5.82 Å². The summed E-state index contributed by atoms with van der Waals surface area (Å²) >= 11 is 0. The first-order valence-corrected chi connectivity index (χ1v) is 9.26. The number of nitrogens with one attached hydrogen (secondary N) is 1. The predicted octanol–water partition coefficient (Wildman–Crippen LogP) is 1.74. The van der Waals surface area contributed by atoms with Gasteiger partial charge < -0.3 is 19.6 Å². The topological polar surface area (TPSA) is 91.6 Å². The number of piperidine rings is 1. The molecule has 25 heavy (non-hydrogen) atoms. The summed E-state index contributed by atoms with van der Waals surface area (Å²) in [6, 6.07) is -0.171. The molecule has 138 valence electrons. The monoisotopic (exact) mass is 349 g/mol. The Bertz CT molecular complexity index is 609. The first kappa shape index (κ1) is 17.7. The third-order valence-corrected chi connectivity index (χ3v) is 4.94. The van der Waals surface area contributed by atoms with Crippen molar-refractivity contribution in [2.45, 2.75) is 52.0 Å². The summed E-state index contributed by atoms with van der Waals surface area (Å²) in [5, 5.41) is 6.74. The Morgan fingerprint density at radius 1 is 1.28 bits per heavy atom. The first-order chi connectivity index (χ1) is 12.1. The quantitative estimate of drug-likeness (QED) is 0.844. The second-order valence-corrected chi connectivity index (χ2v) is 6.78. The number of urea groups is 1. The lowest BCUT2D eigenvalue weighted by molar-refractivity contribution is -0.136. The van der Waals surface area contributed by atoms with Crippen LogP contribution in [0.25, 0.3) is 0 Å². The van der Waals surface area contributed by atoms with Crippen molar-refractivity contribution >= 4 is 11.9 Å². The van der Waals surface area contributed by atoms with Crippen molar-refractivity contribution in [2.24, 2.45) is 5.92 Å². The van der Waals surface area contributed by atoms with E-state index in [1.165, 1.54) is 0 Å². The van der Waals surface area contributed by atoms with Crippen molar-refractivity contribution in [3.63, 3.8) is 0 Å². The smallest absolute Gasteiger partial charge is 0.317 e. The zero-order valence-corrected chi connectivity index (χ0v) is 15.0. The van der Waals surface area contributed by atoms with Crippen LogP contribution in [0.5, 0.6) is 0 Å².